The van der Waals surface area contributed by atoms with Crippen molar-refractivity contribution in [3.63, 3.8) is 0 Å². The van der Waals surface area contributed by atoms with Gasteiger partial charge in [-0.3, -0.25) is 9.69 Å². The molecule has 1 aliphatic heterocycles. The second kappa shape index (κ2) is 7.48. The lowest BCUT2D eigenvalue weighted by molar-refractivity contribution is -0.142. The van der Waals surface area contributed by atoms with E-state index in [1.165, 1.54) is 7.11 Å². The van der Waals surface area contributed by atoms with Crippen LogP contribution in [0.1, 0.15) is 30.5 Å². The van der Waals surface area contributed by atoms with Crippen molar-refractivity contribution in [2.75, 3.05) is 25.2 Å². The Morgan fingerprint density at radius 2 is 2.43 bits per heavy atom. The number of ether oxygens (including phenoxy) is 1. The van der Waals surface area contributed by atoms with Gasteiger partial charge in [-0.2, -0.15) is 17.0 Å². The number of thioether (sulfide) groups is 1. The van der Waals surface area contributed by atoms with E-state index in [0.717, 1.165) is 23.6 Å². The van der Waals surface area contributed by atoms with Crippen molar-refractivity contribution < 1.29 is 9.53 Å². The molecule has 0 bridgehead atoms. The molecule has 0 aromatic heterocycles. The van der Waals surface area contributed by atoms with Crippen LogP contribution in [-0.2, 0) is 9.53 Å². The number of nitriles is 1. The van der Waals surface area contributed by atoms with Crippen LogP contribution in [0.25, 0.3) is 0 Å². The maximum absolute atomic E-state index is 11.6. The Morgan fingerprint density at radius 1 is 1.62 bits per heavy atom. The van der Waals surface area contributed by atoms with Crippen molar-refractivity contribution in [1.82, 2.24) is 4.90 Å². The molecule has 0 unspecified atom stereocenters. The summed E-state index contributed by atoms with van der Waals surface area (Å²) in [4.78, 5) is 13.9. The third kappa shape index (κ3) is 3.99. The molecule has 1 fully saturated rings. The highest BCUT2D eigenvalue weighted by Gasteiger charge is 2.29. The minimum Gasteiger partial charge on any atom is -0.469 e. The molecular weight excluding hydrogens is 284 g/mol. The molecule has 0 N–H and O–H groups in total. The van der Waals surface area contributed by atoms with Crippen LogP contribution in [0.4, 0.5) is 0 Å². The highest BCUT2D eigenvalue weighted by atomic mass is 32.2. The van der Waals surface area contributed by atoms with Gasteiger partial charge < -0.3 is 4.74 Å². The molecule has 2 rings (SSSR count). The van der Waals surface area contributed by atoms with E-state index in [1.807, 2.05) is 36.0 Å². The van der Waals surface area contributed by atoms with Crippen LogP contribution in [0.2, 0.25) is 0 Å². The smallest absolute Gasteiger partial charge is 0.307 e. The summed E-state index contributed by atoms with van der Waals surface area (Å²) in [6, 6.07) is 10.3. The van der Waals surface area contributed by atoms with E-state index in [2.05, 4.69) is 17.9 Å². The van der Waals surface area contributed by atoms with Crippen molar-refractivity contribution >= 4 is 17.7 Å². The largest absolute Gasteiger partial charge is 0.469 e. The van der Waals surface area contributed by atoms with Crippen LogP contribution >= 0.6 is 11.8 Å². The Morgan fingerprint density at radius 3 is 3.14 bits per heavy atom. The van der Waals surface area contributed by atoms with Crippen molar-refractivity contribution in [3.8, 4) is 6.07 Å². The van der Waals surface area contributed by atoms with Crippen LogP contribution in [0.3, 0.4) is 0 Å². The summed E-state index contributed by atoms with van der Waals surface area (Å²) in [6.07, 6.45) is 0.422. The fourth-order valence-electron chi connectivity index (χ4n) is 2.69. The summed E-state index contributed by atoms with van der Waals surface area (Å²) in [5.74, 6) is 1.85. The fraction of sp³-hybridized carbons (Fsp3) is 0.500. The lowest BCUT2D eigenvalue weighted by Crippen LogP contribution is -2.45. The van der Waals surface area contributed by atoms with Gasteiger partial charge in [0.05, 0.1) is 25.2 Å². The molecule has 5 heteroatoms. The first-order valence-electron chi connectivity index (χ1n) is 7.06. The molecule has 1 saturated heterocycles. The lowest BCUT2D eigenvalue weighted by atomic mass is 10.0. The number of rotatable bonds is 4. The van der Waals surface area contributed by atoms with Crippen LogP contribution in [-0.4, -0.2) is 42.1 Å². The summed E-state index contributed by atoms with van der Waals surface area (Å²) in [5, 5.41) is 9.03. The Labute approximate surface area is 130 Å². The standard InChI is InChI=1S/C16H20N2O2S/c1-12(14-5-3-4-13(8-14)10-17)18-6-7-21-11-15(18)9-16(19)20-2/h3-5,8,12,15H,6-7,9,11H2,1-2H3/t12-,15+/m0/s1. The number of esters is 1. The third-order valence-electron chi connectivity index (χ3n) is 3.90. The van der Waals surface area contributed by atoms with Crippen molar-refractivity contribution in [2.45, 2.75) is 25.4 Å². The van der Waals surface area contributed by atoms with E-state index in [1.54, 1.807) is 0 Å². The van der Waals surface area contributed by atoms with E-state index in [9.17, 15) is 4.79 Å². The molecular formula is C16H20N2O2S. The van der Waals surface area contributed by atoms with Crippen LogP contribution in [0, 0.1) is 11.3 Å². The first kappa shape index (κ1) is 15.9. The van der Waals surface area contributed by atoms with Gasteiger partial charge in [-0.15, -0.1) is 0 Å². The van der Waals surface area contributed by atoms with Gasteiger partial charge in [0.25, 0.3) is 0 Å². The molecule has 2 atom stereocenters. The van der Waals surface area contributed by atoms with Gasteiger partial charge >= 0.3 is 5.97 Å². The van der Waals surface area contributed by atoms with Crippen molar-refractivity contribution in [3.05, 3.63) is 35.4 Å². The fourth-order valence-corrected chi connectivity index (χ4v) is 3.78. The van der Waals surface area contributed by atoms with Gasteiger partial charge in [0.1, 0.15) is 0 Å². The number of hydrogen-bond donors (Lipinski definition) is 0. The molecule has 112 valence electrons. The highest BCUT2D eigenvalue weighted by molar-refractivity contribution is 7.99. The Kier molecular flexibility index (Phi) is 5.66. The summed E-state index contributed by atoms with van der Waals surface area (Å²) in [6.45, 7) is 3.08. The maximum Gasteiger partial charge on any atom is 0.307 e. The first-order chi connectivity index (χ1) is 10.2. The minimum absolute atomic E-state index is 0.162. The number of benzene rings is 1. The van der Waals surface area contributed by atoms with E-state index in [0.29, 0.717) is 12.0 Å². The molecule has 1 aromatic rings. The molecule has 0 aliphatic carbocycles. The predicted octanol–water partition coefficient (Wildman–Crippen LogP) is 2.60. The molecule has 1 aliphatic rings. The topological polar surface area (TPSA) is 53.3 Å². The second-order valence-corrected chi connectivity index (χ2v) is 6.31. The molecule has 0 spiro atoms. The number of carbonyl (C=O) groups excluding carboxylic acids is 1. The van der Waals surface area contributed by atoms with Crippen molar-refractivity contribution in [2.24, 2.45) is 0 Å². The second-order valence-electron chi connectivity index (χ2n) is 5.16. The van der Waals surface area contributed by atoms with Gasteiger partial charge in [0.15, 0.2) is 0 Å². The quantitative estimate of drug-likeness (QED) is 0.800. The Balaban J connectivity index is 2.15. The van der Waals surface area contributed by atoms with Crippen LogP contribution < -0.4 is 0 Å². The minimum atomic E-state index is -0.162. The molecule has 0 radical (unpaired) electrons. The predicted molar refractivity (Wildman–Crippen MR) is 84.0 cm³/mol. The lowest BCUT2D eigenvalue weighted by Gasteiger charge is -2.39. The van der Waals surface area contributed by atoms with Crippen LogP contribution in [0.5, 0.6) is 0 Å². The zero-order chi connectivity index (χ0) is 15.2. The monoisotopic (exact) mass is 304 g/mol. The van der Waals surface area contributed by atoms with E-state index in [-0.39, 0.29) is 18.1 Å². The first-order valence-corrected chi connectivity index (χ1v) is 8.21. The number of carbonyl (C=O) groups is 1. The zero-order valence-electron chi connectivity index (χ0n) is 12.4. The van der Waals surface area contributed by atoms with Gasteiger partial charge in [0, 0.05) is 30.1 Å². The average Bonchev–Trinajstić information content (AvgIpc) is 2.54. The number of nitrogens with zero attached hydrogens (tertiary/aromatic N) is 2. The molecule has 21 heavy (non-hydrogen) atoms. The summed E-state index contributed by atoms with van der Waals surface area (Å²) < 4.78 is 4.81. The molecule has 1 aromatic carbocycles. The van der Waals surface area contributed by atoms with Gasteiger partial charge in [-0.1, -0.05) is 12.1 Å². The highest BCUT2D eigenvalue weighted by Crippen LogP contribution is 2.29. The van der Waals surface area contributed by atoms with Crippen molar-refractivity contribution in [1.29, 1.82) is 5.26 Å². The van der Waals surface area contributed by atoms with E-state index >= 15 is 0 Å². The summed E-state index contributed by atoms with van der Waals surface area (Å²) >= 11 is 1.88. The zero-order valence-corrected chi connectivity index (χ0v) is 13.2. The van der Waals surface area contributed by atoms with Gasteiger partial charge in [-0.05, 0) is 24.6 Å². The molecule has 0 saturated carbocycles. The third-order valence-corrected chi connectivity index (χ3v) is 4.99. The van der Waals surface area contributed by atoms with E-state index < -0.39 is 0 Å². The number of methoxy groups -OCH3 is 1. The normalized spacial score (nSPS) is 20.5. The maximum atomic E-state index is 11.6. The number of hydrogen-bond acceptors (Lipinski definition) is 5. The van der Waals surface area contributed by atoms with Crippen LogP contribution in [0.15, 0.2) is 24.3 Å². The van der Waals surface area contributed by atoms with Gasteiger partial charge in [-0.25, -0.2) is 0 Å². The van der Waals surface area contributed by atoms with Gasteiger partial charge in [0.2, 0.25) is 0 Å². The average molecular weight is 304 g/mol. The Bertz CT molecular complexity index is 541. The molecule has 1 heterocycles. The van der Waals surface area contributed by atoms with E-state index in [4.69, 9.17) is 10.00 Å². The summed E-state index contributed by atoms with van der Waals surface area (Å²) in [7, 11) is 1.43. The summed E-state index contributed by atoms with van der Waals surface area (Å²) in [5.41, 5.74) is 1.80. The Hall–Kier alpha value is -1.51. The molecule has 4 nitrogen and oxygen atoms in total. The molecule has 0 amide bonds. The SMILES string of the molecule is COC(=O)C[C@@H]1CSCCN1[C@@H](C)c1cccc(C#N)c1.